The third-order valence-electron chi connectivity index (χ3n) is 6.52. The van der Waals surface area contributed by atoms with Gasteiger partial charge in [-0.3, -0.25) is 9.78 Å². The number of nitrogens with zero attached hydrogens (tertiary/aromatic N) is 3. The standard InChI is InChI=1S/C27H37N5O3/c1-7-19(8-2)17-29-21-12-13-22-23(18(21)3)24(33)35-26(30-22)31-27(4,5)25(34)32(6)16-14-20-11-9-10-15-28-20/h9-13,15,19,29H,7-8,14,16-17H2,1-6H3,(H,30,31). The van der Waals surface area contributed by atoms with Gasteiger partial charge in [0, 0.05) is 44.1 Å². The zero-order chi connectivity index (χ0) is 25.6. The van der Waals surface area contributed by atoms with Crippen molar-refractivity contribution in [3.63, 3.8) is 0 Å². The summed E-state index contributed by atoms with van der Waals surface area (Å²) in [7, 11) is 1.75. The number of fused-ring (bicyclic) bond motifs is 1. The molecule has 8 heteroatoms. The number of benzene rings is 1. The summed E-state index contributed by atoms with van der Waals surface area (Å²) in [6, 6.07) is 9.51. The highest BCUT2D eigenvalue weighted by molar-refractivity contribution is 5.89. The number of hydrogen-bond donors (Lipinski definition) is 2. The zero-order valence-corrected chi connectivity index (χ0v) is 21.6. The summed E-state index contributed by atoms with van der Waals surface area (Å²) < 4.78 is 5.50. The van der Waals surface area contributed by atoms with Crippen LogP contribution in [-0.4, -0.2) is 46.5 Å². The average molecular weight is 480 g/mol. The van der Waals surface area contributed by atoms with E-state index in [4.69, 9.17) is 4.42 Å². The van der Waals surface area contributed by atoms with Crippen molar-refractivity contribution in [1.82, 2.24) is 14.9 Å². The highest BCUT2D eigenvalue weighted by Gasteiger charge is 2.32. The van der Waals surface area contributed by atoms with Crippen LogP contribution in [0, 0.1) is 12.8 Å². The van der Waals surface area contributed by atoms with Crippen LogP contribution in [0.25, 0.3) is 10.9 Å². The van der Waals surface area contributed by atoms with E-state index in [0.29, 0.717) is 29.8 Å². The Labute approximate surface area is 207 Å². The van der Waals surface area contributed by atoms with Crippen molar-refractivity contribution in [2.75, 3.05) is 30.8 Å². The number of pyridine rings is 1. The van der Waals surface area contributed by atoms with Crippen molar-refractivity contribution < 1.29 is 9.21 Å². The number of hydrogen-bond acceptors (Lipinski definition) is 7. The fourth-order valence-corrected chi connectivity index (χ4v) is 4.12. The largest absolute Gasteiger partial charge is 0.389 e. The van der Waals surface area contributed by atoms with E-state index in [0.717, 1.165) is 36.3 Å². The first kappa shape index (κ1) is 26.2. The van der Waals surface area contributed by atoms with Crippen LogP contribution in [0.4, 0.5) is 11.7 Å². The van der Waals surface area contributed by atoms with Gasteiger partial charge in [-0.1, -0.05) is 32.8 Å². The molecule has 0 spiro atoms. The number of likely N-dealkylation sites (N-methyl/N-ethyl adjacent to an activating group) is 1. The Morgan fingerprint density at radius 3 is 2.57 bits per heavy atom. The molecule has 0 radical (unpaired) electrons. The van der Waals surface area contributed by atoms with Crippen molar-refractivity contribution >= 4 is 28.5 Å². The predicted molar refractivity (Wildman–Crippen MR) is 141 cm³/mol. The number of rotatable bonds is 11. The molecular weight excluding hydrogens is 442 g/mol. The van der Waals surface area contributed by atoms with E-state index in [2.05, 4.69) is 34.4 Å². The maximum Gasteiger partial charge on any atom is 0.348 e. The quantitative estimate of drug-likeness (QED) is 0.413. The third kappa shape index (κ3) is 6.38. The number of nitrogens with one attached hydrogen (secondary N) is 2. The van der Waals surface area contributed by atoms with E-state index in [-0.39, 0.29) is 11.9 Å². The van der Waals surface area contributed by atoms with Gasteiger partial charge < -0.3 is 20.0 Å². The zero-order valence-electron chi connectivity index (χ0n) is 21.6. The Kier molecular flexibility index (Phi) is 8.48. The van der Waals surface area contributed by atoms with Crippen molar-refractivity contribution in [3.8, 4) is 0 Å². The van der Waals surface area contributed by atoms with Crippen LogP contribution in [0.5, 0.6) is 0 Å². The molecule has 0 saturated carbocycles. The molecule has 8 nitrogen and oxygen atoms in total. The molecule has 1 aromatic carbocycles. The first-order valence-electron chi connectivity index (χ1n) is 12.3. The van der Waals surface area contributed by atoms with Gasteiger partial charge in [0.2, 0.25) is 5.91 Å². The van der Waals surface area contributed by atoms with Crippen LogP contribution in [0.1, 0.15) is 51.8 Å². The van der Waals surface area contributed by atoms with Crippen LogP contribution in [-0.2, 0) is 11.2 Å². The number of aryl methyl sites for hydroxylation is 1. The number of carbonyl (C=O) groups excluding carboxylic acids is 1. The average Bonchev–Trinajstić information content (AvgIpc) is 2.84. The molecule has 0 aliphatic heterocycles. The maximum atomic E-state index is 13.1. The van der Waals surface area contributed by atoms with Crippen molar-refractivity contribution in [1.29, 1.82) is 0 Å². The summed E-state index contributed by atoms with van der Waals surface area (Å²) in [4.78, 5) is 36.4. The topological polar surface area (TPSA) is 100 Å². The van der Waals surface area contributed by atoms with Gasteiger partial charge in [0.25, 0.3) is 6.01 Å². The van der Waals surface area contributed by atoms with Crippen molar-refractivity contribution in [3.05, 3.63) is 58.2 Å². The first-order valence-corrected chi connectivity index (χ1v) is 12.3. The molecule has 1 amide bonds. The molecule has 0 aliphatic carbocycles. The second-order valence-electron chi connectivity index (χ2n) is 9.55. The second kappa shape index (κ2) is 11.3. The van der Waals surface area contributed by atoms with E-state index >= 15 is 0 Å². The lowest BCUT2D eigenvalue weighted by molar-refractivity contribution is -0.133. The number of amides is 1. The van der Waals surface area contributed by atoms with Crippen molar-refractivity contribution in [2.24, 2.45) is 5.92 Å². The molecule has 35 heavy (non-hydrogen) atoms. The molecular formula is C27H37N5O3. The van der Waals surface area contributed by atoms with Gasteiger partial charge in [-0.15, -0.1) is 0 Å². The van der Waals surface area contributed by atoms with E-state index in [9.17, 15) is 9.59 Å². The summed E-state index contributed by atoms with van der Waals surface area (Å²) in [6.07, 6.45) is 4.59. The van der Waals surface area contributed by atoms with E-state index in [1.54, 1.807) is 32.0 Å². The smallest absolute Gasteiger partial charge is 0.348 e. The van der Waals surface area contributed by atoms with Crippen LogP contribution in [0.15, 0.2) is 45.7 Å². The SMILES string of the molecule is CCC(CC)CNc1ccc2nc(NC(C)(C)C(=O)N(C)CCc3ccccn3)oc(=O)c2c1C. The lowest BCUT2D eigenvalue weighted by Crippen LogP contribution is -2.49. The maximum absolute atomic E-state index is 13.1. The first-order chi connectivity index (χ1) is 16.7. The van der Waals surface area contributed by atoms with Crippen LogP contribution in [0.2, 0.25) is 0 Å². The predicted octanol–water partition coefficient (Wildman–Crippen LogP) is 4.63. The molecule has 2 aromatic heterocycles. The number of anilines is 2. The Morgan fingerprint density at radius 2 is 1.91 bits per heavy atom. The molecule has 2 N–H and O–H groups in total. The Balaban J connectivity index is 1.74. The minimum absolute atomic E-state index is 0.0242. The van der Waals surface area contributed by atoms with E-state index < -0.39 is 11.2 Å². The van der Waals surface area contributed by atoms with Gasteiger partial charge in [0.05, 0.1) is 10.9 Å². The van der Waals surface area contributed by atoms with Crippen LogP contribution < -0.4 is 16.3 Å². The fourth-order valence-electron chi connectivity index (χ4n) is 4.12. The van der Waals surface area contributed by atoms with Gasteiger partial charge in [-0.05, 0) is 56.5 Å². The number of aromatic nitrogens is 2. The molecule has 0 unspecified atom stereocenters. The van der Waals surface area contributed by atoms with Gasteiger partial charge >= 0.3 is 5.63 Å². The summed E-state index contributed by atoms with van der Waals surface area (Å²) in [6.45, 7) is 11.1. The summed E-state index contributed by atoms with van der Waals surface area (Å²) in [5, 5.41) is 6.92. The normalized spacial score (nSPS) is 11.6. The highest BCUT2D eigenvalue weighted by Crippen LogP contribution is 2.25. The molecule has 0 atom stereocenters. The lowest BCUT2D eigenvalue weighted by atomic mass is 10.0. The third-order valence-corrected chi connectivity index (χ3v) is 6.52. The highest BCUT2D eigenvalue weighted by atomic mass is 16.4. The van der Waals surface area contributed by atoms with Crippen molar-refractivity contribution in [2.45, 2.75) is 59.4 Å². The molecule has 3 rings (SSSR count). The minimum atomic E-state index is -1.03. The molecule has 3 aromatic rings. The Hall–Kier alpha value is -3.42. The minimum Gasteiger partial charge on any atom is -0.389 e. The van der Waals surface area contributed by atoms with Gasteiger partial charge in [-0.2, -0.15) is 4.98 Å². The molecule has 0 fully saturated rings. The molecule has 2 heterocycles. The van der Waals surface area contributed by atoms with Crippen LogP contribution >= 0.6 is 0 Å². The van der Waals surface area contributed by atoms with E-state index in [1.807, 2.05) is 37.3 Å². The molecule has 0 aliphatic rings. The van der Waals surface area contributed by atoms with Gasteiger partial charge in [0.1, 0.15) is 5.54 Å². The van der Waals surface area contributed by atoms with E-state index in [1.165, 1.54) is 0 Å². The lowest BCUT2D eigenvalue weighted by Gasteiger charge is -2.30. The summed E-state index contributed by atoms with van der Waals surface area (Å²) in [5.41, 5.74) is 1.66. The fraction of sp³-hybridized carbons (Fsp3) is 0.481. The summed E-state index contributed by atoms with van der Waals surface area (Å²) >= 11 is 0. The molecule has 0 bridgehead atoms. The molecule has 0 saturated heterocycles. The van der Waals surface area contributed by atoms with Crippen LogP contribution in [0.3, 0.4) is 0 Å². The molecule has 188 valence electrons. The summed E-state index contributed by atoms with van der Waals surface area (Å²) in [5.74, 6) is 0.433. The second-order valence-corrected chi connectivity index (χ2v) is 9.55. The van der Waals surface area contributed by atoms with Gasteiger partial charge in [-0.25, -0.2) is 4.79 Å². The number of carbonyl (C=O) groups is 1. The monoisotopic (exact) mass is 479 g/mol. The Morgan fingerprint density at radius 1 is 1.17 bits per heavy atom. The van der Waals surface area contributed by atoms with Gasteiger partial charge in [0.15, 0.2) is 0 Å². The Bertz CT molecular complexity index is 1200.